The summed E-state index contributed by atoms with van der Waals surface area (Å²) in [6.07, 6.45) is 2.43. The molecule has 34 heavy (non-hydrogen) atoms. The molecule has 0 spiro atoms. The number of nitrogens with two attached hydrogens (primary N) is 1. The average Bonchev–Trinajstić information content (AvgIpc) is 3.28. The number of likely N-dealkylation sites (tertiary alicyclic amines) is 1. The van der Waals surface area contributed by atoms with E-state index in [4.69, 9.17) is 5.73 Å². The van der Waals surface area contributed by atoms with Gasteiger partial charge in [0.25, 0.3) is 5.91 Å². The predicted octanol–water partition coefficient (Wildman–Crippen LogP) is 2.37. The molecular formula is C24H23F2N5O3. The summed E-state index contributed by atoms with van der Waals surface area (Å²) < 4.78 is 29.7. The second-order valence-corrected chi connectivity index (χ2v) is 8.95. The zero-order valence-corrected chi connectivity index (χ0v) is 18.2. The fourth-order valence-electron chi connectivity index (χ4n) is 4.93. The molecule has 3 aromatic rings. The molecule has 176 valence electrons. The third-order valence-electron chi connectivity index (χ3n) is 6.71. The molecular weight excluding hydrogens is 444 g/mol. The SMILES string of the molecule is NC(=O)c1nn(CC(=O)N2C[C@H](F)C[C@H]2C(=O)C[C@H]2C[C@@H]2c2ccccc2F)c2cnccc12. The standard InChI is InChI=1S/C24H23F2N5O3/c25-14-9-19(21(32)8-13-7-17(13)15-3-1-2-4-18(15)26)30(11-14)22(33)12-31-20-10-28-6-5-16(20)23(29-31)24(27)34/h1-6,10,13-14,17,19H,7-9,11-12H2,(H2,27,34)/t13-,14-,17+,19+/m1/s1. The summed E-state index contributed by atoms with van der Waals surface area (Å²) in [7, 11) is 0. The molecule has 3 heterocycles. The number of benzene rings is 1. The number of fused-ring (bicyclic) bond motifs is 1. The lowest BCUT2D eigenvalue weighted by Gasteiger charge is -2.23. The summed E-state index contributed by atoms with van der Waals surface area (Å²) in [5, 5.41) is 4.60. The Morgan fingerprint density at radius 3 is 2.71 bits per heavy atom. The number of carbonyl (C=O) groups excluding carboxylic acids is 3. The number of pyridine rings is 1. The van der Waals surface area contributed by atoms with E-state index in [1.165, 1.54) is 28.0 Å². The van der Waals surface area contributed by atoms with Gasteiger partial charge in [-0.25, -0.2) is 8.78 Å². The van der Waals surface area contributed by atoms with Crippen LogP contribution in [0.4, 0.5) is 8.78 Å². The molecule has 0 unspecified atom stereocenters. The van der Waals surface area contributed by atoms with Crippen molar-refractivity contribution in [3.63, 3.8) is 0 Å². The van der Waals surface area contributed by atoms with Crippen molar-refractivity contribution in [1.29, 1.82) is 0 Å². The molecule has 2 aromatic heterocycles. The van der Waals surface area contributed by atoms with Crippen molar-refractivity contribution in [2.24, 2.45) is 11.7 Å². The highest BCUT2D eigenvalue weighted by Crippen LogP contribution is 2.50. The summed E-state index contributed by atoms with van der Waals surface area (Å²) in [5.41, 5.74) is 6.43. The van der Waals surface area contributed by atoms with E-state index in [9.17, 15) is 23.2 Å². The molecule has 10 heteroatoms. The second kappa shape index (κ2) is 8.58. The fraction of sp³-hybridized carbons (Fsp3) is 0.375. The number of aromatic nitrogens is 3. The Bertz CT molecular complexity index is 1290. The van der Waals surface area contributed by atoms with Crippen LogP contribution in [0.1, 0.15) is 41.2 Å². The third-order valence-corrected chi connectivity index (χ3v) is 6.71. The molecule has 0 radical (unpaired) electrons. The lowest BCUT2D eigenvalue weighted by Crippen LogP contribution is -2.42. The van der Waals surface area contributed by atoms with E-state index >= 15 is 0 Å². The molecule has 5 rings (SSSR count). The van der Waals surface area contributed by atoms with Gasteiger partial charge in [0.1, 0.15) is 18.5 Å². The largest absolute Gasteiger partial charge is 0.364 e. The average molecular weight is 467 g/mol. The van der Waals surface area contributed by atoms with E-state index in [0.717, 1.165) is 0 Å². The first-order valence-electron chi connectivity index (χ1n) is 11.1. The Balaban J connectivity index is 1.29. The molecule has 2 aliphatic rings. The van der Waals surface area contributed by atoms with E-state index in [1.54, 1.807) is 24.3 Å². The van der Waals surface area contributed by atoms with Crippen LogP contribution in [0.3, 0.4) is 0 Å². The molecule has 1 aliphatic carbocycles. The van der Waals surface area contributed by atoms with E-state index in [2.05, 4.69) is 10.1 Å². The quantitative estimate of drug-likeness (QED) is 0.574. The van der Waals surface area contributed by atoms with Crippen LogP contribution in [0.15, 0.2) is 42.7 Å². The topological polar surface area (TPSA) is 111 Å². The molecule has 2 amide bonds. The summed E-state index contributed by atoms with van der Waals surface area (Å²) in [6, 6.07) is 7.20. The zero-order chi connectivity index (χ0) is 24.0. The highest BCUT2D eigenvalue weighted by atomic mass is 19.1. The molecule has 1 saturated heterocycles. The van der Waals surface area contributed by atoms with Gasteiger partial charge in [-0.1, -0.05) is 18.2 Å². The number of rotatable bonds is 7. The predicted molar refractivity (Wildman–Crippen MR) is 118 cm³/mol. The van der Waals surface area contributed by atoms with Gasteiger partial charge in [0.05, 0.1) is 24.3 Å². The van der Waals surface area contributed by atoms with Crippen LogP contribution in [0.25, 0.3) is 10.9 Å². The molecule has 1 aliphatic heterocycles. The van der Waals surface area contributed by atoms with Gasteiger partial charge in [-0.15, -0.1) is 0 Å². The minimum Gasteiger partial charge on any atom is -0.364 e. The summed E-state index contributed by atoms with van der Waals surface area (Å²) in [4.78, 5) is 43.1. The Kier molecular flexibility index (Phi) is 5.59. The van der Waals surface area contributed by atoms with Gasteiger partial charge in [-0.2, -0.15) is 5.10 Å². The zero-order valence-electron chi connectivity index (χ0n) is 18.2. The van der Waals surface area contributed by atoms with E-state index in [0.29, 0.717) is 22.9 Å². The maximum absolute atomic E-state index is 14.3. The maximum Gasteiger partial charge on any atom is 0.269 e. The molecule has 1 saturated carbocycles. The Morgan fingerprint density at radius 2 is 1.94 bits per heavy atom. The van der Waals surface area contributed by atoms with Gasteiger partial charge in [0.15, 0.2) is 11.5 Å². The van der Waals surface area contributed by atoms with Crippen molar-refractivity contribution >= 4 is 28.5 Å². The van der Waals surface area contributed by atoms with Gasteiger partial charge in [0, 0.05) is 24.4 Å². The van der Waals surface area contributed by atoms with Crippen molar-refractivity contribution in [3.8, 4) is 0 Å². The van der Waals surface area contributed by atoms with Gasteiger partial charge in [-0.05, 0) is 36.0 Å². The van der Waals surface area contributed by atoms with Crippen LogP contribution < -0.4 is 5.73 Å². The Hall–Kier alpha value is -3.69. The summed E-state index contributed by atoms with van der Waals surface area (Å²) in [6.45, 7) is -0.468. The molecule has 1 aromatic carbocycles. The highest BCUT2D eigenvalue weighted by Gasteiger charge is 2.45. The number of Topliss-reactive ketones (excluding diaryl/α,β-unsaturated/α-hetero) is 1. The minimum absolute atomic E-state index is 0.00976. The Labute approximate surface area is 193 Å². The van der Waals surface area contributed by atoms with E-state index in [1.807, 2.05) is 0 Å². The van der Waals surface area contributed by atoms with Crippen molar-refractivity contribution in [2.75, 3.05) is 6.54 Å². The maximum atomic E-state index is 14.3. The lowest BCUT2D eigenvalue weighted by atomic mass is 10.0. The number of amides is 2. The van der Waals surface area contributed by atoms with Crippen LogP contribution >= 0.6 is 0 Å². The first kappa shape index (κ1) is 22.1. The van der Waals surface area contributed by atoms with Crippen molar-refractivity contribution < 1.29 is 23.2 Å². The van der Waals surface area contributed by atoms with Crippen LogP contribution in [0, 0.1) is 11.7 Å². The number of ketones is 1. The molecule has 4 atom stereocenters. The number of primary amides is 1. The number of carbonyl (C=O) groups is 3. The highest BCUT2D eigenvalue weighted by molar-refractivity contribution is 6.04. The minimum atomic E-state index is -1.31. The molecule has 8 nitrogen and oxygen atoms in total. The van der Waals surface area contributed by atoms with Gasteiger partial charge >= 0.3 is 0 Å². The monoisotopic (exact) mass is 467 g/mol. The van der Waals surface area contributed by atoms with Crippen LogP contribution in [0.5, 0.6) is 0 Å². The van der Waals surface area contributed by atoms with E-state index < -0.39 is 24.0 Å². The normalized spacial score (nSPS) is 23.9. The van der Waals surface area contributed by atoms with Gasteiger partial charge in [0.2, 0.25) is 5.91 Å². The van der Waals surface area contributed by atoms with Crippen LogP contribution in [-0.2, 0) is 16.1 Å². The number of hydrogen-bond donors (Lipinski definition) is 1. The van der Waals surface area contributed by atoms with Crippen LogP contribution in [0.2, 0.25) is 0 Å². The smallest absolute Gasteiger partial charge is 0.269 e. The molecule has 0 bridgehead atoms. The van der Waals surface area contributed by atoms with Gasteiger partial charge < -0.3 is 10.6 Å². The summed E-state index contributed by atoms with van der Waals surface area (Å²) >= 11 is 0. The molecule has 2 N–H and O–H groups in total. The lowest BCUT2D eigenvalue weighted by molar-refractivity contribution is -0.138. The first-order chi connectivity index (χ1) is 16.3. The second-order valence-electron chi connectivity index (χ2n) is 8.95. The van der Waals surface area contributed by atoms with Gasteiger partial charge in [-0.3, -0.25) is 24.0 Å². The number of nitrogens with zero attached hydrogens (tertiary/aromatic N) is 4. The summed E-state index contributed by atoms with van der Waals surface area (Å²) in [5.74, 6) is -1.79. The number of alkyl halides is 1. The van der Waals surface area contributed by atoms with E-state index in [-0.39, 0.29) is 55.1 Å². The number of halogens is 2. The van der Waals surface area contributed by atoms with Crippen molar-refractivity contribution in [2.45, 2.75) is 43.9 Å². The first-order valence-corrected chi connectivity index (χ1v) is 11.1. The Morgan fingerprint density at radius 1 is 1.15 bits per heavy atom. The fourth-order valence-corrected chi connectivity index (χ4v) is 4.93. The van der Waals surface area contributed by atoms with Crippen molar-refractivity contribution in [1.82, 2.24) is 19.7 Å². The molecule has 2 fully saturated rings. The number of hydrogen-bond acceptors (Lipinski definition) is 5. The van der Waals surface area contributed by atoms with Crippen LogP contribution in [-0.4, -0.2) is 56.0 Å². The van der Waals surface area contributed by atoms with Crippen molar-refractivity contribution in [3.05, 3.63) is 59.8 Å². The third kappa shape index (κ3) is 4.04.